The van der Waals surface area contributed by atoms with Crippen molar-refractivity contribution in [1.82, 2.24) is 79.7 Å². The molecule has 0 aliphatic heterocycles. The summed E-state index contributed by atoms with van der Waals surface area (Å²) < 4.78 is 0. The first-order chi connectivity index (χ1) is 58.1. The molecule has 0 unspecified atom stereocenters. The maximum atomic E-state index is 8.84. The molecular weight excluding hydrogens is 1650 g/mol. The van der Waals surface area contributed by atoms with Crippen LogP contribution in [0.15, 0.2) is 226 Å². The Hall–Kier alpha value is -14.2. The molecule has 0 amide bonds. The lowest BCUT2D eigenvalue weighted by Crippen LogP contribution is -2.15. The van der Waals surface area contributed by atoms with Crippen LogP contribution in [-0.4, -0.2) is 132 Å². The fourth-order valence-electron chi connectivity index (χ4n) is 11.3. The number of pyridine rings is 8. The highest BCUT2D eigenvalue weighted by Gasteiger charge is 2.19. The predicted molar refractivity (Wildman–Crippen MR) is 470 cm³/mol. The standard InChI is InChI=1S/3C21H15Cl2N7.C21H16ClN7/c22-14-2-3-15(17(23)9-14)21-29-18-5-6-25-12-16(18)20(30-21)27-8-7-26-19-4-1-13(10-24)11-28-19;22-14-2-3-15(17(23)9-14)21-29-18-12-25-6-5-16(18)20(30-21)27-8-7-26-19-4-1-13(10-24)11-28-19;22-14-4-5-15(17(23)10-14)21-29-19-16(2-1-7-26-19)20(30-21)27-9-8-25-18-6-3-13(11-24)12-28-18;22-16-5-2-1-4-15(16)20-28-17-6-3-9-25-19(17)21(29-20)26-11-10-24-18-8-7-14(12-23)13-27-18/h2*1-6,9,11-12H,7-8H2,(H,26,28)(H,27,29,30);1-7,10,12H,8-9H2,(H,25,28)(H,26,27,29,30);1-9,13H,10-11H2,(H,24,27)(H,26,28,29). The number of fused-ring (bicyclic) bond motifs is 4. The molecule has 12 heterocycles. The average molecular weight is 1710 g/mol. The molecule has 28 nitrogen and oxygen atoms in total. The van der Waals surface area contributed by atoms with Gasteiger partial charge < -0.3 is 42.5 Å². The highest BCUT2D eigenvalue weighted by molar-refractivity contribution is 6.38. The van der Waals surface area contributed by atoms with Crippen LogP contribution >= 0.6 is 81.2 Å². The number of halogens is 7. The van der Waals surface area contributed by atoms with Crippen LogP contribution in [0.4, 0.5) is 46.5 Å². The number of rotatable bonds is 24. The molecule has 0 atom stereocenters. The first-order valence-corrected chi connectivity index (χ1v) is 38.8. The number of nitrogens with zero attached hydrogens (tertiary/aromatic N) is 20. The van der Waals surface area contributed by atoms with E-state index in [1.807, 2.05) is 84.9 Å². The molecule has 8 N–H and O–H groups in total. The molecule has 35 heteroatoms. The third-order valence-corrected chi connectivity index (χ3v) is 19.0. The van der Waals surface area contributed by atoms with Crippen molar-refractivity contribution < 1.29 is 0 Å². The van der Waals surface area contributed by atoms with Gasteiger partial charge in [0.05, 0.1) is 75.9 Å². The molecule has 16 rings (SSSR count). The molecule has 0 saturated heterocycles. The number of hydrogen-bond donors (Lipinski definition) is 8. The van der Waals surface area contributed by atoms with Gasteiger partial charge in [0.1, 0.15) is 70.5 Å². The molecule has 12 aromatic heterocycles. The molecule has 119 heavy (non-hydrogen) atoms. The summed E-state index contributed by atoms with van der Waals surface area (Å²) in [6, 6.07) is 56.4. The van der Waals surface area contributed by atoms with Crippen LogP contribution in [0.5, 0.6) is 0 Å². The largest absolute Gasteiger partial charge is 0.368 e. The number of nitrogens with one attached hydrogen (secondary N) is 8. The van der Waals surface area contributed by atoms with Gasteiger partial charge in [-0.2, -0.15) is 21.0 Å². The van der Waals surface area contributed by atoms with Crippen LogP contribution in [0, 0.1) is 45.3 Å². The molecule has 586 valence electrons. The van der Waals surface area contributed by atoms with Gasteiger partial charge in [0, 0.05) is 151 Å². The van der Waals surface area contributed by atoms with Crippen LogP contribution in [-0.2, 0) is 0 Å². The zero-order valence-electron chi connectivity index (χ0n) is 62.1. The Morgan fingerprint density at radius 1 is 0.269 bits per heavy atom. The Balaban J connectivity index is 0.000000137. The van der Waals surface area contributed by atoms with Crippen molar-refractivity contribution in [2.45, 2.75) is 0 Å². The van der Waals surface area contributed by atoms with Crippen molar-refractivity contribution >= 4 is 172 Å². The molecule has 0 spiro atoms. The quantitative estimate of drug-likeness (QED) is 0.0260. The molecule has 0 radical (unpaired) electrons. The van der Waals surface area contributed by atoms with Gasteiger partial charge in [-0.05, 0) is 152 Å². The van der Waals surface area contributed by atoms with Gasteiger partial charge >= 0.3 is 0 Å². The normalized spacial score (nSPS) is 10.5. The fraction of sp³-hybridized carbons (Fsp3) is 0.0952. The van der Waals surface area contributed by atoms with Crippen molar-refractivity contribution in [1.29, 1.82) is 21.0 Å². The van der Waals surface area contributed by atoms with Crippen LogP contribution in [0.1, 0.15) is 22.3 Å². The fourth-order valence-corrected chi connectivity index (χ4v) is 13.0. The van der Waals surface area contributed by atoms with E-state index in [2.05, 4.69) is 122 Å². The lowest BCUT2D eigenvalue weighted by molar-refractivity contribution is 1.04. The minimum absolute atomic E-state index is 0.465. The number of benzene rings is 4. The highest BCUT2D eigenvalue weighted by Crippen LogP contribution is 2.36. The van der Waals surface area contributed by atoms with Gasteiger partial charge in [0.15, 0.2) is 34.8 Å². The third-order valence-electron chi connectivity index (χ3n) is 17.0. The number of hydrogen-bond acceptors (Lipinski definition) is 28. The third kappa shape index (κ3) is 22.3. The van der Waals surface area contributed by atoms with Crippen LogP contribution in [0.25, 0.3) is 89.4 Å². The maximum Gasteiger partial charge on any atom is 0.165 e. The topological polar surface area (TPSA) is 398 Å². The molecular formula is C84H61Cl7N28. The lowest BCUT2D eigenvalue weighted by atomic mass is 10.2. The van der Waals surface area contributed by atoms with E-state index < -0.39 is 0 Å². The molecule has 0 aliphatic carbocycles. The molecule has 0 aliphatic rings. The Kier molecular flexibility index (Phi) is 28.5. The van der Waals surface area contributed by atoms with Crippen molar-refractivity contribution in [3.05, 3.63) is 283 Å². The van der Waals surface area contributed by atoms with E-state index in [1.54, 1.807) is 140 Å². The minimum atomic E-state index is 0.465. The van der Waals surface area contributed by atoms with E-state index in [1.165, 1.54) is 24.8 Å². The minimum Gasteiger partial charge on any atom is -0.368 e. The number of aromatic nitrogens is 16. The van der Waals surface area contributed by atoms with E-state index in [-0.39, 0.29) is 0 Å². The monoisotopic (exact) mass is 1710 g/mol. The molecule has 4 aromatic carbocycles. The Morgan fingerprint density at radius 3 is 1.12 bits per heavy atom. The molecule has 0 fully saturated rings. The van der Waals surface area contributed by atoms with E-state index in [4.69, 9.17) is 102 Å². The SMILES string of the molecule is N#Cc1ccc(NCCNc2nc(-c3ccc(Cl)cc3Cl)nc3ccncc23)nc1.N#Cc1ccc(NCCNc2nc(-c3ccc(Cl)cc3Cl)nc3cnccc23)nc1.N#Cc1ccc(NCCNc2nc(-c3ccc(Cl)cc3Cl)nc3ncccc23)nc1.N#Cc1ccc(NCCNc2nc(-c3ccccc3Cl)nc3cccnc23)nc1. The highest BCUT2D eigenvalue weighted by atomic mass is 35.5. The van der Waals surface area contributed by atoms with Crippen molar-refractivity contribution in [3.8, 4) is 69.8 Å². The van der Waals surface area contributed by atoms with Gasteiger partial charge in [-0.25, -0.2) is 64.8 Å². The second-order valence-electron chi connectivity index (χ2n) is 25.1. The van der Waals surface area contributed by atoms with Gasteiger partial charge in [-0.3, -0.25) is 15.0 Å². The Bertz CT molecular complexity index is 5990. The molecule has 0 saturated carbocycles. The van der Waals surface area contributed by atoms with E-state index in [0.29, 0.717) is 213 Å². The zero-order chi connectivity index (χ0) is 82.8. The maximum absolute atomic E-state index is 8.84. The van der Waals surface area contributed by atoms with E-state index >= 15 is 0 Å². The first kappa shape index (κ1) is 82.8. The predicted octanol–water partition coefficient (Wildman–Crippen LogP) is 18.5. The molecule has 16 aromatic rings. The Labute approximate surface area is 715 Å². The summed E-state index contributed by atoms with van der Waals surface area (Å²) in [6.07, 6.45) is 16.3. The van der Waals surface area contributed by atoms with Gasteiger partial charge in [-0.15, -0.1) is 0 Å². The second kappa shape index (κ2) is 40.9. The smallest absolute Gasteiger partial charge is 0.165 e. The molecule has 0 bridgehead atoms. The summed E-state index contributed by atoms with van der Waals surface area (Å²) >= 11 is 43.4. The summed E-state index contributed by atoms with van der Waals surface area (Å²) in [4.78, 5) is 70.9. The summed E-state index contributed by atoms with van der Waals surface area (Å²) in [5.74, 6) is 7.41. The van der Waals surface area contributed by atoms with Crippen molar-refractivity contribution in [3.63, 3.8) is 0 Å². The van der Waals surface area contributed by atoms with E-state index in [9.17, 15) is 0 Å². The first-order valence-electron chi connectivity index (χ1n) is 36.1. The Morgan fingerprint density at radius 2 is 0.655 bits per heavy atom. The summed E-state index contributed by atoms with van der Waals surface area (Å²) in [7, 11) is 0. The van der Waals surface area contributed by atoms with Crippen LogP contribution in [0.2, 0.25) is 35.2 Å². The van der Waals surface area contributed by atoms with Gasteiger partial charge in [-0.1, -0.05) is 93.3 Å². The average Bonchev–Trinajstić information content (AvgIpc) is 0.807. The number of nitriles is 4. The van der Waals surface area contributed by atoms with Gasteiger partial charge in [0.2, 0.25) is 0 Å². The van der Waals surface area contributed by atoms with Crippen molar-refractivity contribution in [2.75, 3.05) is 94.9 Å². The van der Waals surface area contributed by atoms with Gasteiger partial charge in [0.25, 0.3) is 0 Å². The summed E-state index contributed by atoms with van der Waals surface area (Å²) in [5, 5.41) is 67.6. The number of anilines is 8. The summed E-state index contributed by atoms with van der Waals surface area (Å²) in [6.45, 7) is 4.75. The van der Waals surface area contributed by atoms with Crippen molar-refractivity contribution in [2.24, 2.45) is 0 Å². The lowest BCUT2D eigenvalue weighted by Gasteiger charge is -2.12. The van der Waals surface area contributed by atoms with Crippen LogP contribution in [0.3, 0.4) is 0 Å². The van der Waals surface area contributed by atoms with E-state index in [0.717, 1.165) is 32.8 Å². The second-order valence-corrected chi connectivity index (χ2v) is 28.0. The zero-order valence-corrected chi connectivity index (χ0v) is 67.4. The van der Waals surface area contributed by atoms with Crippen LogP contribution < -0.4 is 42.5 Å². The summed E-state index contributed by atoms with van der Waals surface area (Å²) in [5.41, 5.74) is 8.38.